The van der Waals surface area contributed by atoms with Crippen LogP contribution in [0.25, 0.3) is 0 Å². The minimum Gasteiger partial charge on any atom is -0.326 e. The maximum atomic E-state index is 13.0. The molecular weight excluding hydrogens is 352 g/mol. The predicted molar refractivity (Wildman–Crippen MR) is 86.3 cm³/mol. The molecule has 1 aliphatic heterocycles. The lowest BCUT2D eigenvalue weighted by Crippen LogP contribution is -2.39. The lowest BCUT2D eigenvalue weighted by Gasteiger charge is -2.31. The van der Waals surface area contributed by atoms with Crippen molar-refractivity contribution in [2.45, 2.75) is 49.6 Å². The molecule has 2 N–H and O–H groups in total. The van der Waals surface area contributed by atoms with Crippen molar-refractivity contribution in [1.82, 2.24) is 4.31 Å². The highest BCUT2D eigenvalue weighted by Crippen LogP contribution is 2.40. The van der Waals surface area contributed by atoms with E-state index >= 15 is 0 Å². The molecule has 1 aliphatic carbocycles. The van der Waals surface area contributed by atoms with Crippen molar-refractivity contribution in [2.24, 2.45) is 11.7 Å². The number of hydrogen-bond donors (Lipinski definition) is 1. The Morgan fingerprint density at radius 2 is 2.00 bits per heavy atom. The molecular formula is C15H21BrN2O2S. The molecule has 2 unspecified atom stereocenters. The van der Waals surface area contributed by atoms with Gasteiger partial charge >= 0.3 is 0 Å². The maximum absolute atomic E-state index is 13.0. The zero-order valence-electron chi connectivity index (χ0n) is 12.0. The van der Waals surface area contributed by atoms with Crippen LogP contribution in [0.15, 0.2) is 27.6 Å². The number of halogens is 1. The average molecular weight is 373 g/mol. The summed E-state index contributed by atoms with van der Waals surface area (Å²) in [6.07, 6.45) is 5.55. The summed E-state index contributed by atoms with van der Waals surface area (Å²) >= 11 is 3.40. The molecule has 0 amide bonds. The topological polar surface area (TPSA) is 63.4 Å². The van der Waals surface area contributed by atoms with Crippen LogP contribution in [0.1, 0.15) is 37.7 Å². The van der Waals surface area contributed by atoms with Crippen LogP contribution >= 0.6 is 15.9 Å². The normalized spacial score (nSPS) is 26.8. The monoisotopic (exact) mass is 372 g/mol. The summed E-state index contributed by atoms with van der Waals surface area (Å²) in [7, 11) is -3.42. The summed E-state index contributed by atoms with van der Waals surface area (Å²) in [5.41, 5.74) is 6.54. The summed E-state index contributed by atoms with van der Waals surface area (Å²) in [6.45, 7) is 1.07. The molecule has 116 valence electrons. The fourth-order valence-electron chi connectivity index (χ4n) is 3.67. The van der Waals surface area contributed by atoms with Crippen LogP contribution < -0.4 is 5.73 Å². The second-order valence-electron chi connectivity index (χ2n) is 5.99. The summed E-state index contributed by atoms with van der Waals surface area (Å²) in [5, 5.41) is 0. The van der Waals surface area contributed by atoms with E-state index in [9.17, 15) is 8.42 Å². The Morgan fingerprint density at radius 1 is 1.24 bits per heavy atom. The van der Waals surface area contributed by atoms with Crippen molar-refractivity contribution in [3.8, 4) is 0 Å². The number of rotatable bonds is 3. The third-order valence-corrected chi connectivity index (χ3v) is 7.68. The van der Waals surface area contributed by atoms with Gasteiger partial charge in [0.2, 0.25) is 10.0 Å². The molecule has 2 aliphatic rings. The second kappa shape index (κ2) is 5.99. The Balaban J connectivity index is 1.93. The Kier molecular flexibility index (Phi) is 4.41. The Morgan fingerprint density at radius 3 is 2.71 bits per heavy atom. The van der Waals surface area contributed by atoms with E-state index in [1.54, 1.807) is 22.5 Å². The highest BCUT2D eigenvalue weighted by Gasteiger charge is 2.42. The van der Waals surface area contributed by atoms with Gasteiger partial charge in [-0.05, 0) is 58.8 Å². The summed E-state index contributed by atoms with van der Waals surface area (Å²) in [4.78, 5) is 0.367. The van der Waals surface area contributed by atoms with E-state index in [0.717, 1.165) is 24.8 Å². The van der Waals surface area contributed by atoms with Crippen LogP contribution in [0.3, 0.4) is 0 Å². The molecule has 21 heavy (non-hydrogen) atoms. The molecule has 2 atom stereocenters. The van der Waals surface area contributed by atoms with Crippen LogP contribution in [-0.2, 0) is 16.6 Å². The molecule has 1 heterocycles. The van der Waals surface area contributed by atoms with Gasteiger partial charge in [-0.25, -0.2) is 8.42 Å². The molecule has 0 bridgehead atoms. The number of fused-ring (bicyclic) bond motifs is 1. The van der Waals surface area contributed by atoms with Crippen molar-refractivity contribution in [1.29, 1.82) is 0 Å². The van der Waals surface area contributed by atoms with Gasteiger partial charge in [0.1, 0.15) is 0 Å². The second-order valence-corrected chi connectivity index (χ2v) is 8.70. The van der Waals surface area contributed by atoms with Crippen LogP contribution in [0.2, 0.25) is 0 Å². The van der Waals surface area contributed by atoms with Crippen molar-refractivity contribution in [3.63, 3.8) is 0 Å². The fraction of sp³-hybridized carbons (Fsp3) is 0.600. The molecule has 0 radical (unpaired) electrons. The third-order valence-electron chi connectivity index (χ3n) is 4.78. The standard InChI is InChI=1S/C15H21BrN2O2S/c16-13-9-11(10-17)5-6-15(13)21(19,20)18-8-7-12-3-1-2-4-14(12)18/h5-6,9,12,14H,1-4,7-8,10,17H2. The van der Waals surface area contributed by atoms with Gasteiger partial charge in [0.15, 0.2) is 0 Å². The zero-order valence-corrected chi connectivity index (χ0v) is 14.4. The highest BCUT2D eigenvalue weighted by atomic mass is 79.9. The van der Waals surface area contributed by atoms with Gasteiger partial charge in [0.25, 0.3) is 0 Å². The lowest BCUT2D eigenvalue weighted by molar-refractivity contribution is 0.260. The first-order valence-corrected chi connectivity index (χ1v) is 9.77. The van der Waals surface area contributed by atoms with Gasteiger partial charge in [-0.15, -0.1) is 0 Å². The van der Waals surface area contributed by atoms with Crippen molar-refractivity contribution in [2.75, 3.05) is 6.54 Å². The van der Waals surface area contributed by atoms with E-state index in [1.807, 2.05) is 0 Å². The van der Waals surface area contributed by atoms with Crippen LogP contribution in [0, 0.1) is 5.92 Å². The first-order valence-electron chi connectivity index (χ1n) is 7.54. The van der Waals surface area contributed by atoms with Crippen LogP contribution in [0.5, 0.6) is 0 Å². The first-order chi connectivity index (χ1) is 10.0. The highest BCUT2D eigenvalue weighted by molar-refractivity contribution is 9.10. The number of benzene rings is 1. The third kappa shape index (κ3) is 2.79. The lowest BCUT2D eigenvalue weighted by atomic mass is 9.86. The van der Waals surface area contributed by atoms with E-state index in [0.29, 0.717) is 28.4 Å². The summed E-state index contributed by atoms with van der Waals surface area (Å²) < 4.78 is 28.3. The largest absolute Gasteiger partial charge is 0.326 e. The summed E-state index contributed by atoms with van der Waals surface area (Å²) in [5.74, 6) is 0.551. The van der Waals surface area contributed by atoms with E-state index in [2.05, 4.69) is 15.9 Å². The molecule has 1 saturated heterocycles. The fourth-order valence-corrected chi connectivity index (χ4v) is 6.49. The van der Waals surface area contributed by atoms with E-state index in [1.165, 1.54) is 12.8 Å². The Labute approximate surface area is 134 Å². The average Bonchev–Trinajstić information content (AvgIpc) is 2.91. The molecule has 1 saturated carbocycles. The molecule has 6 heteroatoms. The van der Waals surface area contributed by atoms with Gasteiger partial charge in [0.05, 0.1) is 4.90 Å². The number of hydrogen-bond acceptors (Lipinski definition) is 3. The number of nitrogens with zero attached hydrogens (tertiary/aromatic N) is 1. The molecule has 0 aromatic heterocycles. The van der Waals surface area contributed by atoms with Gasteiger partial charge < -0.3 is 5.73 Å². The smallest absolute Gasteiger partial charge is 0.244 e. The molecule has 1 aromatic carbocycles. The summed E-state index contributed by atoms with van der Waals surface area (Å²) in [6, 6.07) is 5.48. The van der Waals surface area contributed by atoms with Crippen molar-refractivity contribution in [3.05, 3.63) is 28.2 Å². The number of nitrogens with two attached hydrogens (primary N) is 1. The van der Waals surface area contributed by atoms with Crippen molar-refractivity contribution >= 4 is 26.0 Å². The Bertz CT molecular complexity index is 633. The molecule has 1 aromatic rings. The van der Waals surface area contributed by atoms with E-state index < -0.39 is 10.0 Å². The molecule has 2 fully saturated rings. The minimum absolute atomic E-state index is 0.199. The van der Waals surface area contributed by atoms with Gasteiger partial charge in [-0.3, -0.25) is 0 Å². The first kappa shape index (κ1) is 15.5. The SMILES string of the molecule is NCc1ccc(S(=O)(=O)N2CCC3CCCCC32)c(Br)c1. The van der Waals surface area contributed by atoms with Gasteiger partial charge in [-0.1, -0.05) is 18.9 Å². The van der Waals surface area contributed by atoms with Crippen LogP contribution in [-0.4, -0.2) is 25.3 Å². The van der Waals surface area contributed by atoms with Gasteiger partial charge in [-0.2, -0.15) is 4.31 Å². The maximum Gasteiger partial charge on any atom is 0.244 e. The van der Waals surface area contributed by atoms with Crippen LogP contribution in [0.4, 0.5) is 0 Å². The minimum atomic E-state index is -3.42. The molecule has 0 spiro atoms. The Hall–Kier alpha value is -0.430. The number of sulfonamides is 1. The van der Waals surface area contributed by atoms with E-state index in [4.69, 9.17) is 5.73 Å². The molecule has 4 nitrogen and oxygen atoms in total. The molecule has 3 rings (SSSR count). The zero-order chi connectivity index (χ0) is 15.0. The van der Waals surface area contributed by atoms with E-state index in [-0.39, 0.29) is 6.04 Å². The van der Waals surface area contributed by atoms with Gasteiger partial charge in [0, 0.05) is 23.6 Å². The van der Waals surface area contributed by atoms with Crippen molar-refractivity contribution < 1.29 is 8.42 Å². The predicted octanol–water partition coefficient (Wildman–Crippen LogP) is 2.86. The quantitative estimate of drug-likeness (QED) is 0.886.